The van der Waals surface area contributed by atoms with E-state index in [2.05, 4.69) is 26.0 Å². The highest BCUT2D eigenvalue weighted by Gasteiger charge is 2.04. The highest BCUT2D eigenvalue weighted by atomic mass is 79.9. The third-order valence-corrected chi connectivity index (χ3v) is 2.08. The molecule has 14 heavy (non-hydrogen) atoms. The Morgan fingerprint density at radius 3 is 2.64 bits per heavy atom. The molecule has 0 aromatic rings. The van der Waals surface area contributed by atoms with Crippen LogP contribution in [0.4, 0.5) is 0 Å². The lowest BCUT2D eigenvalue weighted by Crippen LogP contribution is -2.30. The number of carbonyl (C=O) groups excluding carboxylic acids is 2. The van der Waals surface area contributed by atoms with Gasteiger partial charge in [-0.3, -0.25) is 9.59 Å². The molecule has 1 N–H and O–H groups in total. The van der Waals surface area contributed by atoms with Crippen molar-refractivity contribution in [2.75, 3.05) is 18.5 Å². The van der Waals surface area contributed by atoms with Crippen LogP contribution >= 0.6 is 15.9 Å². The topological polar surface area (TPSA) is 55.4 Å². The zero-order chi connectivity index (χ0) is 10.8. The van der Waals surface area contributed by atoms with Gasteiger partial charge in [0.2, 0.25) is 5.91 Å². The Labute approximate surface area is 92.5 Å². The number of esters is 1. The maximum absolute atomic E-state index is 11.1. The van der Waals surface area contributed by atoms with Gasteiger partial charge in [0.25, 0.3) is 0 Å². The highest BCUT2D eigenvalue weighted by Crippen LogP contribution is 1.97. The summed E-state index contributed by atoms with van der Waals surface area (Å²) in [5, 5.41) is 3.40. The van der Waals surface area contributed by atoms with Crippen LogP contribution in [0.5, 0.6) is 0 Å². The molecule has 4 nitrogen and oxygen atoms in total. The lowest BCUT2D eigenvalue weighted by molar-refractivity contribution is -0.143. The molecule has 0 fully saturated rings. The minimum atomic E-state index is -0.388. The highest BCUT2D eigenvalue weighted by molar-refractivity contribution is 9.09. The monoisotopic (exact) mass is 265 g/mol. The van der Waals surface area contributed by atoms with Crippen molar-refractivity contribution in [1.29, 1.82) is 0 Å². The van der Waals surface area contributed by atoms with Crippen LogP contribution in [0, 0.1) is 0 Å². The number of unbranched alkanes of at least 4 members (excludes halogenated alkanes) is 1. The number of carbonyl (C=O) groups is 2. The lowest BCUT2D eigenvalue weighted by atomic mass is 10.2. The van der Waals surface area contributed by atoms with Gasteiger partial charge in [-0.25, -0.2) is 0 Å². The van der Waals surface area contributed by atoms with Gasteiger partial charge in [-0.05, 0) is 19.8 Å². The summed E-state index contributed by atoms with van der Waals surface area (Å²) < 4.78 is 4.66. The van der Waals surface area contributed by atoms with E-state index < -0.39 is 0 Å². The minimum Gasteiger partial charge on any atom is -0.465 e. The summed E-state index contributed by atoms with van der Waals surface area (Å²) in [6.45, 7) is 2.05. The first-order chi connectivity index (χ1) is 6.70. The Kier molecular flexibility index (Phi) is 8.62. The van der Waals surface area contributed by atoms with Crippen LogP contribution in [0.15, 0.2) is 0 Å². The molecule has 0 spiro atoms. The van der Waals surface area contributed by atoms with Gasteiger partial charge in [-0.15, -0.1) is 0 Å². The van der Waals surface area contributed by atoms with E-state index in [1.54, 1.807) is 6.92 Å². The van der Waals surface area contributed by atoms with Gasteiger partial charge in [-0.2, -0.15) is 0 Å². The molecule has 0 bridgehead atoms. The average molecular weight is 266 g/mol. The predicted octanol–water partition coefficient (Wildman–Crippen LogP) is 1.23. The first kappa shape index (κ1) is 13.4. The zero-order valence-electron chi connectivity index (χ0n) is 8.35. The van der Waals surface area contributed by atoms with Crippen LogP contribution in [-0.4, -0.2) is 30.4 Å². The maximum atomic E-state index is 11.1. The first-order valence-electron chi connectivity index (χ1n) is 4.69. The van der Waals surface area contributed by atoms with Crippen LogP contribution in [0.25, 0.3) is 0 Å². The molecule has 0 unspecified atom stereocenters. The Morgan fingerprint density at radius 2 is 2.07 bits per heavy atom. The number of rotatable bonds is 7. The quantitative estimate of drug-likeness (QED) is 0.428. The summed E-state index contributed by atoms with van der Waals surface area (Å²) in [6, 6.07) is 0. The summed E-state index contributed by atoms with van der Waals surface area (Å²) >= 11 is 3.28. The number of amides is 1. The smallest absolute Gasteiger partial charge is 0.325 e. The fourth-order valence-electron chi connectivity index (χ4n) is 0.851. The third-order valence-electron chi connectivity index (χ3n) is 1.52. The maximum Gasteiger partial charge on any atom is 0.325 e. The Hall–Kier alpha value is -0.580. The molecule has 0 heterocycles. The van der Waals surface area contributed by atoms with Crippen LogP contribution in [0.3, 0.4) is 0 Å². The van der Waals surface area contributed by atoms with Gasteiger partial charge < -0.3 is 10.1 Å². The molecule has 1 amide bonds. The molecule has 0 aromatic heterocycles. The van der Waals surface area contributed by atoms with Crippen molar-refractivity contribution < 1.29 is 14.3 Å². The minimum absolute atomic E-state index is 0.0268. The van der Waals surface area contributed by atoms with E-state index in [1.807, 2.05) is 0 Å². The van der Waals surface area contributed by atoms with Crippen molar-refractivity contribution in [3.05, 3.63) is 0 Å². The average Bonchev–Trinajstić information content (AvgIpc) is 2.16. The molecule has 0 aliphatic heterocycles. The first-order valence-corrected chi connectivity index (χ1v) is 5.81. The van der Waals surface area contributed by atoms with Crippen molar-refractivity contribution in [2.45, 2.75) is 26.2 Å². The summed E-state index contributed by atoms with van der Waals surface area (Å²) in [5.41, 5.74) is 0. The molecular weight excluding hydrogens is 250 g/mol. The van der Waals surface area contributed by atoms with Crippen molar-refractivity contribution >= 4 is 27.8 Å². The number of hydrogen-bond donors (Lipinski definition) is 1. The molecule has 82 valence electrons. The summed E-state index contributed by atoms with van der Waals surface area (Å²) in [6.07, 6.45) is 2.26. The second-order valence-corrected chi connectivity index (χ2v) is 3.52. The van der Waals surface area contributed by atoms with E-state index in [-0.39, 0.29) is 18.4 Å². The fraction of sp³-hybridized carbons (Fsp3) is 0.778. The van der Waals surface area contributed by atoms with E-state index in [9.17, 15) is 9.59 Å². The second kappa shape index (κ2) is 8.99. The molecular formula is C9H16BrNO3. The predicted molar refractivity (Wildman–Crippen MR) is 57.3 cm³/mol. The largest absolute Gasteiger partial charge is 0.465 e. The lowest BCUT2D eigenvalue weighted by Gasteiger charge is -2.04. The molecule has 0 aliphatic carbocycles. The van der Waals surface area contributed by atoms with Crippen molar-refractivity contribution in [3.63, 3.8) is 0 Å². The molecule has 0 aliphatic rings. The molecule has 0 radical (unpaired) electrons. The van der Waals surface area contributed by atoms with Gasteiger partial charge in [-0.1, -0.05) is 15.9 Å². The number of halogens is 1. The van der Waals surface area contributed by atoms with E-state index in [0.29, 0.717) is 13.0 Å². The summed E-state index contributed by atoms with van der Waals surface area (Å²) in [5.74, 6) is -0.486. The van der Waals surface area contributed by atoms with Crippen LogP contribution < -0.4 is 5.32 Å². The molecule has 0 saturated carbocycles. The molecule has 0 aromatic carbocycles. The Morgan fingerprint density at radius 1 is 1.36 bits per heavy atom. The Balaban J connectivity index is 3.39. The zero-order valence-corrected chi connectivity index (χ0v) is 9.93. The van der Waals surface area contributed by atoms with E-state index in [4.69, 9.17) is 0 Å². The number of ether oxygens (including phenoxy) is 1. The van der Waals surface area contributed by atoms with Crippen LogP contribution in [0.2, 0.25) is 0 Å². The van der Waals surface area contributed by atoms with Crippen LogP contribution in [0.1, 0.15) is 26.2 Å². The van der Waals surface area contributed by atoms with Gasteiger partial charge in [0.1, 0.15) is 6.54 Å². The fourth-order valence-corrected chi connectivity index (χ4v) is 1.25. The van der Waals surface area contributed by atoms with Gasteiger partial charge in [0, 0.05) is 11.8 Å². The molecule has 5 heteroatoms. The summed E-state index contributed by atoms with van der Waals surface area (Å²) in [4.78, 5) is 21.9. The van der Waals surface area contributed by atoms with Crippen molar-refractivity contribution in [2.24, 2.45) is 0 Å². The van der Waals surface area contributed by atoms with Crippen molar-refractivity contribution in [1.82, 2.24) is 5.32 Å². The van der Waals surface area contributed by atoms with E-state index in [0.717, 1.165) is 18.2 Å². The number of nitrogens with one attached hydrogen (secondary N) is 1. The number of alkyl halides is 1. The van der Waals surface area contributed by atoms with Gasteiger partial charge in [0.15, 0.2) is 0 Å². The van der Waals surface area contributed by atoms with E-state index in [1.165, 1.54) is 0 Å². The standard InChI is InChI=1S/C9H16BrNO3/c1-2-14-9(13)7-11-8(12)5-3-4-6-10/h2-7H2,1H3,(H,11,12). The van der Waals surface area contributed by atoms with E-state index >= 15 is 0 Å². The molecule has 0 saturated heterocycles. The van der Waals surface area contributed by atoms with Gasteiger partial charge >= 0.3 is 5.97 Å². The second-order valence-electron chi connectivity index (χ2n) is 2.73. The number of hydrogen-bond acceptors (Lipinski definition) is 3. The normalized spacial score (nSPS) is 9.57. The molecule has 0 atom stereocenters. The summed E-state index contributed by atoms with van der Waals surface area (Å²) in [7, 11) is 0. The van der Waals surface area contributed by atoms with Crippen molar-refractivity contribution in [3.8, 4) is 0 Å². The SMILES string of the molecule is CCOC(=O)CNC(=O)CCCCBr. The van der Waals surface area contributed by atoms with Crippen LogP contribution in [-0.2, 0) is 14.3 Å². The Bertz CT molecular complexity index is 185. The molecule has 0 rings (SSSR count). The third kappa shape index (κ3) is 8.04. The van der Waals surface area contributed by atoms with Gasteiger partial charge in [0.05, 0.1) is 6.61 Å².